The minimum atomic E-state index is 0.580. The molecule has 0 aliphatic rings. The molecule has 0 aliphatic carbocycles. The molecule has 0 saturated heterocycles. The molecule has 2 aromatic heterocycles. The summed E-state index contributed by atoms with van der Waals surface area (Å²) in [5.41, 5.74) is 23.0. The summed E-state index contributed by atoms with van der Waals surface area (Å²) in [6, 6.07) is 77.8. The van der Waals surface area contributed by atoms with Crippen molar-refractivity contribution in [1.29, 1.82) is 0 Å². The van der Waals surface area contributed by atoms with Crippen molar-refractivity contribution in [3.05, 3.63) is 248 Å². The number of pyridine rings is 1. The summed E-state index contributed by atoms with van der Waals surface area (Å²) in [6.45, 7) is 2.03. The molecule has 0 amide bonds. The van der Waals surface area contributed by atoms with Gasteiger partial charge in [0.05, 0.1) is 11.4 Å². The van der Waals surface area contributed by atoms with E-state index in [1.165, 1.54) is 0 Å². The molecule has 2 N–H and O–H groups in total. The van der Waals surface area contributed by atoms with Crippen LogP contribution in [-0.2, 0) is 0 Å². The third-order valence-corrected chi connectivity index (χ3v) is 11.8. The standard InChI is InChI=1S/C61H45N5/c1-2-42(36-37-62)46-26-18-27-47(38-46)50-40-57(45-24-10-5-11-25-45)63-58(41-50)54-33-15-12-32-53(54)48-28-19-29-49(39-48)59-64-60(55-34-16-13-30-51(55)43-20-6-3-7-21-43)66-61(65-59)56-35-17-14-31-52(56)44-22-8-4-9-23-44/h2-41H,62H2,1H3/b37-36-,42-2+. The van der Waals surface area contributed by atoms with Crippen LogP contribution >= 0.6 is 0 Å². The maximum absolute atomic E-state index is 5.84. The maximum Gasteiger partial charge on any atom is 0.164 e. The van der Waals surface area contributed by atoms with E-state index < -0.39 is 0 Å². The fourth-order valence-corrected chi connectivity index (χ4v) is 8.56. The summed E-state index contributed by atoms with van der Waals surface area (Å²) < 4.78 is 0. The fourth-order valence-electron chi connectivity index (χ4n) is 8.56. The van der Waals surface area contributed by atoms with E-state index in [0.29, 0.717) is 17.5 Å². The Labute approximate surface area is 386 Å². The molecule has 10 aromatic rings. The van der Waals surface area contributed by atoms with Gasteiger partial charge in [0.2, 0.25) is 0 Å². The monoisotopic (exact) mass is 847 g/mol. The topological polar surface area (TPSA) is 77.6 Å². The molecule has 0 spiro atoms. The Bertz CT molecular complexity index is 3270. The van der Waals surface area contributed by atoms with Gasteiger partial charge in [-0.2, -0.15) is 0 Å². The fraction of sp³-hybridized carbons (Fsp3) is 0.0164. The molecule has 0 unspecified atom stereocenters. The highest BCUT2D eigenvalue weighted by Crippen LogP contribution is 2.39. The third kappa shape index (κ3) is 8.61. The summed E-state index contributed by atoms with van der Waals surface area (Å²) in [4.78, 5) is 21.2. The Morgan fingerprint density at radius 3 is 1.35 bits per heavy atom. The normalized spacial score (nSPS) is 11.5. The number of hydrogen-bond acceptors (Lipinski definition) is 5. The predicted octanol–water partition coefficient (Wildman–Crippen LogP) is 15.1. The van der Waals surface area contributed by atoms with Crippen molar-refractivity contribution >= 4 is 5.57 Å². The van der Waals surface area contributed by atoms with Gasteiger partial charge in [-0.3, -0.25) is 0 Å². The molecule has 0 bridgehead atoms. The molecule has 0 fully saturated rings. The number of nitrogens with two attached hydrogens (primary N) is 1. The van der Waals surface area contributed by atoms with Gasteiger partial charge >= 0.3 is 0 Å². The summed E-state index contributed by atoms with van der Waals surface area (Å²) in [5, 5.41) is 0. The van der Waals surface area contributed by atoms with Gasteiger partial charge < -0.3 is 5.73 Å². The average Bonchev–Trinajstić information content (AvgIpc) is 3.40. The highest BCUT2D eigenvalue weighted by atomic mass is 15.0. The van der Waals surface area contributed by atoms with E-state index in [4.69, 9.17) is 25.7 Å². The Morgan fingerprint density at radius 2 is 0.773 bits per heavy atom. The minimum Gasteiger partial charge on any atom is -0.405 e. The molecule has 314 valence electrons. The average molecular weight is 848 g/mol. The molecule has 0 radical (unpaired) electrons. The Kier molecular flexibility index (Phi) is 11.8. The van der Waals surface area contributed by atoms with Crippen molar-refractivity contribution in [3.63, 3.8) is 0 Å². The van der Waals surface area contributed by atoms with Crippen molar-refractivity contribution in [2.45, 2.75) is 6.92 Å². The third-order valence-electron chi connectivity index (χ3n) is 11.8. The van der Waals surface area contributed by atoms with E-state index in [1.807, 2.05) is 43.3 Å². The van der Waals surface area contributed by atoms with Crippen molar-refractivity contribution in [2.75, 3.05) is 0 Å². The smallest absolute Gasteiger partial charge is 0.164 e. The molecule has 0 aliphatic heterocycles. The summed E-state index contributed by atoms with van der Waals surface area (Å²) in [5.74, 6) is 1.78. The Balaban J connectivity index is 1.13. The van der Waals surface area contributed by atoms with Gasteiger partial charge in [0.15, 0.2) is 17.5 Å². The van der Waals surface area contributed by atoms with Crippen LogP contribution in [0.15, 0.2) is 243 Å². The first-order chi connectivity index (χ1) is 32.6. The van der Waals surface area contributed by atoms with Crippen molar-refractivity contribution in [1.82, 2.24) is 19.9 Å². The van der Waals surface area contributed by atoms with E-state index in [1.54, 1.807) is 6.20 Å². The van der Waals surface area contributed by atoms with Crippen LogP contribution in [0.3, 0.4) is 0 Å². The number of nitrogens with zero attached hydrogens (tertiary/aromatic N) is 4. The number of rotatable bonds is 11. The minimum absolute atomic E-state index is 0.580. The molecule has 10 rings (SSSR count). The lowest BCUT2D eigenvalue weighted by atomic mass is 9.93. The van der Waals surface area contributed by atoms with Gasteiger partial charge in [0, 0.05) is 27.8 Å². The predicted molar refractivity (Wildman–Crippen MR) is 274 cm³/mol. The zero-order chi connectivity index (χ0) is 44.7. The van der Waals surface area contributed by atoms with Crippen molar-refractivity contribution in [3.8, 4) is 101 Å². The van der Waals surface area contributed by atoms with Crippen LogP contribution in [0.4, 0.5) is 0 Å². The van der Waals surface area contributed by atoms with E-state index in [-0.39, 0.29) is 0 Å². The van der Waals surface area contributed by atoms with Gasteiger partial charge in [0.1, 0.15) is 0 Å². The van der Waals surface area contributed by atoms with Gasteiger partial charge in [-0.1, -0.05) is 206 Å². The molecule has 0 saturated carbocycles. The lowest BCUT2D eigenvalue weighted by Crippen LogP contribution is -2.02. The number of allylic oxidation sites excluding steroid dienone is 3. The Hall–Kier alpha value is -8.80. The number of hydrogen-bond donors (Lipinski definition) is 1. The second-order valence-electron chi connectivity index (χ2n) is 15.9. The van der Waals surface area contributed by atoms with Crippen molar-refractivity contribution in [2.24, 2.45) is 5.73 Å². The van der Waals surface area contributed by atoms with Gasteiger partial charge in [-0.15, -0.1) is 0 Å². The van der Waals surface area contributed by atoms with E-state index in [0.717, 1.165) is 94.8 Å². The van der Waals surface area contributed by atoms with Crippen LogP contribution in [0, 0.1) is 0 Å². The van der Waals surface area contributed by atoms with Gasteiger partial charge in [-0.25, -0.2) is 19.9 Å². The zero-order valence-corrected chi connectivity index (χ0v) is 36.5. The molecular formula is C61H45N5. The molecule has 2 heterocycles. The molecule has 66 heavy (non-hydrogen) atoms. The first-order valence-electron chi connectivity index (χ1n) is 22.1. The lowest BCUT2D eigenvalue weighted by molar-refractivity contribution is 1.07. The van der Waals surface area contributed by atoms with Gasteiger partial charge in [0.25, 0.3) is 0 Å². The lowest BCUT2D eigenvalue weighted by Gasteiger charge is -2.15. The van der Waals surface area contributed by atoms with E-state index in [2.05, 4.69) is 200 Å². The van der Waals surface area contributed by atoms with E-state index in [9.17, 15) is 0 Å². The van der Waals surface area contributed by atoms with Crippen molar-refractivity contribution < 1.29 is 0 Å². The molecule has 5 heteroatoms. The van der Waals surface area contributed by atoms with Crippen LogP contribution in [0.5, 0.6) is 0 Å². The maximum atomic E-state index is 5.84. The van der Waals surface area contributed by atoms with Crippen LogP contribution in [0.2, 0.25) is 0 Å². The quantitative estimate of drug-likeness (QED) is 0.131. The highest BCUT2D eigenvalue weighted by molar-refractivity contribution is 5.89. The first kappa shape index (κ1) is 41.2. The second kappa shape index (κ2) is 18.9. The zero-order valence-electron chi connectivity index (χ0n) is 36.5. The highest BCUT2D eigenvalue weighted by Gasteiger charge is 2.19. The first-order valence-corrected chi connectivity index (χ1v) is 22.1. The van der Waals surface area contributed by atoms with Gasteiger partial charge in [-0.05, 0) is 99.1 Å². The second-order valence-corrected chi connectivity index (χ2v) is 15.9. The Morgan fingerprint density at radius 1 is 0.333 bits per heavy atom. The molecule has 8 aromatic carbocycles. The van der Waals surface area contributed by atoms with Crippen LogP contribution < -0.4 is 5.73 Å². The van der Waals surface area contributed by atoms with Crippen LogP contribution in [-0.4, -0.2) is 19.9 Å². The SMILES string of the molecule is C/C=C(\C=C/N)c1cccc(-c2cc(-c3ccccc3)nc(-c3ccccc3-c3cccc(-c4nc(-c5ccccc5-c5ccccc5)nc(-c5ccccc5-c5ccccc5)n4)c3)c2)c1. The number of aromatic nitrogens is 4. The summed E-state index contributed by atoms with van der Waals surface area (Å²) >= 11 is 0. The summed E-state index contributed by atoms with van der Waals surface area (Å²) in [6.07, 6.45) is 5.59. The summed E-state index contributed by atoms with van der Waals surface area (Å²) in [7, 11) is 0. The largest absolute Gasteiger partial charge is 0.405 e. The molecular weight excluding hydrogens is 803 g/mol. The molecule has 0 atom stereocenters. The van der Waals surface area contributed by atoms with Crippen LogP contribution in [0.1, 0.15) is 12.5 Å². The molecule has 5 nitrogen and oxygen atoms in total. The van der Waals surface area contributed by atoms with E-state index >= 15 is 0 Å². The number of benzene rings is 8. The van der Waals surface area contributed by atoms with Crippen LogP contribution in [0.25, 0.3) is 107 Å².